The van der Waals surface area contributed by atoms with Crippen LogP contribution >= 0.6 is 0 Å². The molecule has 1 atom stereocenters. The van der Waals surface area contributed by atoms with E-state index in [1.54, 1.807) is 0 Å². The third-order valence-electron chi connectivity index (χ3n) is 3.68. The van der Waals surface area contributed by atoms with E-state index < -0.39 is 5.54 Å². The molecule has 0 aromatic heterocycles. The second-order valence-electron chi connectivity index (χ2n) is 5.22. The van der Waals surface area contributed by atoms with Crippen LogP contribution in [0.1, 0.15) is 24.5 Å². The van der Waals surface area contributed by atoms with Crippen molar-refractivity contribution >= 4 is 5.91 Å². The third kappa shape index (κ3) is 3.50. The molecule has 1 unspecified atom stereocenters. The van der Waals surface area contributed by atoms with Crippen LogP contribution in [0.4, 0.5) is 0 Å². The van der Waals surface area contributed by atoms with Crippen molar-refractivity contribution in [2.45, 2.75) is 25.3 Å². The van der Waals surface area contributed by atoms with E-state index in [-0.39, 0.29) is 5.91 Å². The molecule has 0 heterocycles. The molecule has 3 N–H and O–H groups in total. The van der Waals surface area contributed by atoms with E-state index in [2.05, 4.69) is 12.2 Å². The van der Waals surface area contributed by atoms with Crippen LogP contribution in [-0.2, 0) is 16.8 Å². The van der Waals surface area contributed by atoms with E-state index in [0.717, 1.165) is 24.1 Å². The number of carbonyl (C=O) groups is 1. The van der Waals surface area contributed by atoms with Gasteiger partial charge < -0.3 is 5.73 Å². The minimum absolute atomic E-state index is 0.342. The highest BCUT2D eigenvalue weighted by Gasteiger charge is 2.37. The van der Waals surface area contributed by atoms with Gasteiger partial charge in [0, 0.05) is 6.42 Å². The standard InChI is InChI=1S/C18H22N2O/c1-2-13-20-18(17(19)21,16-11-7-4-8-12-16)14-15-9-5-3-6-10-15/h3-12,20H,2,13-14H2,1H3,(H2,19,21). The zero-order valence-corrected chi connectivity index (χ0v) is 12.4. The number of hydrogen-bond acceptors (Lipinski definition) is 2. The molecule has 110 valence electrons. The summed E-state index contributed by atoms with van der Waals surface area (Å²) in [5.74, 6) is -0.342. The predicted molar refractivity (Wildman–Crippen MR) is 85.8 cm³/mol. The molecule has 21 heavy (non-hydrogen) atoms. The molecular formula is C18H22N2O. The number of benzene rings is 2. The molecule has 3 nitrogen and oxygen atoms in total. The molecular weight excluding hydrogens is 260 g/mol. The summed E-state index contributed by atoms with van der Waals surface area (Å²) in [6, 6.07) is 19.7. The summed E-state index contributed by atoms with van der Waals surface area (Å²) < 4.78 is 0. The number of nitrogens with two attached hydrogens (primary N) is 1. The van der Waals surface area contributed by atoms with Gasteiger partial charge in [-0.2, -0.15) is 0 Å². The van der Waals surface area contributed by atoms with Crippen LogP contribution in [0, 0.1) is 0 Å². The lowest BCUT2D eigenvalue weighted by atomic mass is 9.83. The van der Waals surface area contributed by atoms with Crippen molar-refractivity contribution in [3.8, 4) is 0 Å². The number of amides is 1. The summed E-state index contributed by atoms with van der Waals surface area (Å²) in [7, 11) is 0. The topological polar surface area (TPSA) is 55.1 Å². The van der Waals surface area contributed by atoms with Crippen LogP contribution in [0.15, 0.2) is 60.7 Å². The van der Waals surface area contributed by atoms with Crippen molar-refractivity contribution in [3.63, 3.8) is 0 Å². The van der Waals surface area contributed by atoms with Crippen molar-refractivity contribution < 1.29 is 4.79 Å². The van der Waals surface area contributed by atoms with Crippen molar-refractivity contribution in [1.29, 1.82) is 0 Å². The lowest BCUT2D eigenvalue weighted by Gasteiger charge is -2.32. The molecule has 3 heteroatoms. The van der Waals surface area contributed by atoms with Gasteiger partial charge in [0.1, 0.15) is 5.54 Å². The maximum atomic E-state index is 12.3. The van der Waals surface area contributed by atoms with Gasteiger partial charge in [-0.25, -0.2) is 0 Å². The normalized spacial score (nSPS) is 13.6. The maximum absolute atomic E-state index is 12.3. The quantitative estimate of drug-likeness (QED) is 0.820. The van der Waals surface area contributed by atoms with Gasteiger partial charge in [0.2, 0.25) is 5.91 Å². The van der Waals surface area contributed by atoms with E-state index in [1.807, 2.05) is 60.7 Å². The Kier molecular flexibility index (Phi) is 5.12. The molecule has 0 radical (unpaired) electrons. The van der Waals surface area contributed by atoms with Gasteiger partial charge >= 0.3 is 0 Å². The summed E-state index contributed by atoms with van der Waals surface area (Å²) in [6.45, 7) is 2.82. The van der Waals surface area contributed by atoms with Crippen molar-refractivity contribution in [3.05, 3.63) is 71.8 Å². The van der Waals surface area contributed by atoms with E-state index in [9.17, 15) is 4.79 Å². The first kappa shape index (κ1) is 15.3. The number of carbonyl (C=O) groups excluding carboxylic acids is 1. The summed E-state index contributed by atoms with van der Waals surface area (Å²) in [5, 5.41) is 3.37. The number of primary amides is 1. The summed E-state index contributed by atoms with van der Waals surface area (Å²) in [5.41, 5.74) is 6.93. The van der Waals surface area contributed by atoms with E-state index in [4.69, 9.17) is 5.73 Å². The fourth-order valence-electron chi connectivity index (χ4n) is 2.55. The van der Waals surface area contributed by atoms with E-state index in [1.165, 1.54) is 0 Å². The molecule has 0 aliphatic rings. The van der Waals surface area contributed by atoms with Crippen LogP contribution in [0.5, 0.6) is 0 Å². The maximum Gasteiger partial charge on any atom is 0.242 e. The van der Waals surface area contributed by atoms with Gasteiger partial charge in [0.05, 0.1) is 0 Å². The Morgan fingerprint density at radius 2 is 1.62 bits per heavy atom. The highest BCUT2D eigenvalue weighted by molar-refractivity contribution is 5.86. The first-order valence-corrected chi connectivity index (χ1v) is 7.33. The highest BCUT2D eigenvalue weighted by Crippen LogP contribution is 2.26. The fourth-order valence-corrected chi connectivity index (χ4v) is 2.55. The van der Waals surface area contributed by atoms with Crippen LogP contribution in [0.25, 0.3) is 0 Å². The zero-order valence-electron chi connectivity index (χ0n) is 12.4. The third-order valence-corrected chi connectivity index (χ3v) is 3.68. The van der Waals surface area contributed by atoms with E-state index in [0.29, 0.717) is 6.42 Å². The lowest BCUT2D eigenvalue weighted by Crippen LogP contribution is -2.54. The highest BCUT2D eigenvalue weighted by atomic mass is 16.1. The van der Waals surface area contributed by atoms with Gasteiger partial charge in [-0.3, -0.25) is 10.1 Å². The average Bonchev–Trinajstić information content (AvgIpc) is 2.53. The van der Waals surface area contributed by atoms with Crippen LogP contribution < -0.4 is 11.1 Å². The van der Waals surface area contributed by atoms with Crippen molar-refractivity contribution in [1.82, 2.24) is 5.32 Å². The molecule has 0 aliphatic heterocycles. The molecule has 2 rings (SSSR count). The Balaban J connectivity index is 2.43. The first-order chi connectivity index (χ1) is 10.2. The number of rotatable bonds is 7. The molecule has 0 bridgehead atoms. The molecule has 2 aromatic rings. The first-order valence-electron chi connectivity index (χ1n) is 7.33. The van der Waals surface area contributed by atoms with Gasteiger partial charge in [-0.1, -0.05) is 67.6 Å². The van der Waals surface area contributed by atoms with Crippen LogP contribution in [0.2, 0.25) is 0 Å². The Labute approximate surface area is 126 Å². The van der Waals surface area contributed by atoms with Crippen molar-refractivity contribution in [2.75, 3.05) is 6.54 Å². The van der Waals surface area contributed by atoms with Gasteiger partial charge in [0.15, 0.2) is 0 Å². The molecule has 2 aromatic carbocycles. The zero-order chi connectivity index (χ0) is 15.1. The SMILES string of the molecule is CCCNC(Cc1ccccc1)(C(N)=O)c1ccccc1. The molecule has 0 saturated heterocycles. The van der Waals surface area contributed by atoms with Gasteiger partial charge in [0.25, 0.3) is 0 Å². The average molecular weight is 282 g/mol. The number of nitrogens with one attached hydrogen (secondary N) is 1. The fraction of sp³-hybridized carbons (Fsp3) is 0.278. The second kappa shape index (κ2) is 7.04. The molecule has 1 amide bonds. The molecule has 0 fully saturated rings. The monoisotopic (exact) mass is 282 g/mol. The smallest absolute Gasteiger partial charge is 0.242 e. The summed E-state index contributed by atoms with van der Waals surface area (Å²) >= 11 is 0. The lowest BCUT2D eigenvalue weighted by molar-refractivity contribution is -0.124. The largest absolute Gasteiger partial charge is 0.368 e. The van der Waals surface area contributed by atoms with E-state index >= 15 is 0 Å². The Morgan fingerprint density at radius 1 is 1.05 bits per heavy atom. The molecule has 0 spiro atoms. The molecule has 0 aliphatic carbocycles. The Bertz CT molecular complexity index is 568. The Morgan fingerprint density at radius 3 is 2.14 bits per heavy atom. The van der Waals surface area contributed by atoms with Crippen molar-refractivity contribution in [2.24, 2.45) is 5.73 Å². The minimum atomic E-state index is -0.862. The Hall–Kier alpha value is -2.13. The van der Waals surface area contributed by atoms with Crippen LogP contribution in [-0.4, -0.2) is 12.5 Å². The van der Waals surface area contributed by atoms with Gasteiger partial charge in [-0.15, -0.1) is 0 Å². The van der Waals surface area contributed by atoms with Gasteiger partial charge in [-0.05, 0) is 24.1 Å². The number of hydrogen-bond donors (Lipinski definition) is 2. The predicted octanol–water partition coefficient (Wildman–Crippen LogP) is 2.61. The second-order valence-corrected chi connectivity index (χ2v) is 5.22. The minimum Gasteiger partial charge on any atom is -0.368 e. The summed E-state index contributed by atoms with van der Waals surface area (Å²) in [4.78, 5) is 12.3. The summed E-state index contributed by atoms with van der Waals surface area (Å²) in [6.07, 6.45) is 1.49. The van der Waals surface area contributed by atoms with Crippen LogP contribution in [0.3, 0.4) is 0 Å². The molecule has 0 saturated carbocycles.